The lowest BCUT2D eigenvalue weighted by atomic mass is 9.85. The zero-order valence-corrected chi connectivity index (χ0v) is 11.9. The third-order valence-corrected chi connectivity index (χ3v) is 3.62. The molecule has 1 aliphatic rings. The van der Waals surface area contributed by atoms with E-state index in [9.17, 15) is 9.18 Å². The molecular weight excluding hydrogens is 287 g/mol. The van der Waals surface area contributed by atoms with E-state index in [1.165, 1.54) is 7.11 Å². The normalized spacial score (nSPS) is 22.4. The van der Waals surface area contributed by atoms with Crippen LogP contribution in [0.15, 0.2) is 6.20 Å². The van der Waals surface area contributed by atoms with Crippen LogP contribution >= 0.6 is 11.6 Å². The predicted octanol–water partition coefficient (Wildman–Crippen LogP) is 2.77. The molecule has 1 aromatic rings. The first-order valence-electron chi connectivity index (χ1n) is 6.50. The molecule has 0 N–H and O–H groups in total. The minimum atomic E-state index is -0.619. The van der Waals surface area contributed by atoms with Gasteiger partial charge in [-0.1, -0.05) is 0 Å². The Hall–Kier alpha value is -1.43. The Kier molecular flexibility index (Phi) is 5.11. The minimum absolute atomic E-state index is 0.0409. The number of halogens is 2. The molecule has 0 amide bonds. The largest absolute Gasteiger partial charge is 0.472 e. The standard InChI is InChI=1S/C13H16ClFN2O3/c1-19-11(18)6-8-2-4-9(5-3-8)20-12-10(15)7-16-13(14)17-12/h7-9H,2-6H2,1H3/t8-,9-. The number of hydrogen-bond donors (Lipinski definition) is 0. The summed E-state index contributed by atoms with van der Waals surface area (Å²) in [4.78, 5) is 18.5. The number of carbonyl (C=O) groups is 1. The molecule has 0 spiro atoms. The second-order valence-corrected chi connectivity index (χ2v) is 5.17. The van der Waals surface area contributed by atoms with Crippen LogP contribution in [0.4, 0.5) is 4.39 Å². The van der Waals surface area contributed by atoms with Gasteiger partial charge in [-0.25, -0.2) is 4.98 Å². The molecule has 20 heavy (non-hydrogen) atoms. The molecule has 0 radical (unpaired) electrons. The van der Waals surface area contributed by atoms with Crippen molar-refractivity contribution >= 4 is 17.6 Å². The van der Waals surface area contributed by atoms with Gasteiger partial charge in [0.1, 0.15) is 6.10 Å². The monoisotopic (exact) mass is 302 g/mol. The van der Waals surface area contributed by atoms with E-state index in [0.717, 1.165) is 31.9 Å². The van der Waals surface area contributed by atoms with Crippen molar-refractivity contribution in [1.29, 1.82) is 0 Å². The summed E-state index contributed by atoms with van der Waals surface area (Å²) in [5, 5.41) is -0.0409. The van der Waals surface area contributed by atoms with Gasteiger partial charge in [0.05, 0.1) is 13.3 Å². The molecule has 0 aromatic carbocycles. The van der Waals surface area contributed by atoms with Crippen LogP contribution in [0.5, 0.6) is 5.88 Å². The Bertz CT molecular complexity index is 479. The molecule has 7 heteroatoms. The molecule has 110 valence electrons. The zero-order valence-electron chi connectivity index (χ0n) is 11.1. The molecule has 0 bridgehead atoms. The van der Waals surface area contributed by atoms with Crippen molar-refractivity contribution in [1.82, 2.24) is 9.97 Å². The summed E-state index contributed by atoms with van der Waals surface area (Å²) < 4.78 is 23.6. The second kappa shape index (κ2) is 6.83. The van der Waals surface area contributed by atoms with Crippen molar-refractivity contribution in [2.75, 3.05) is 7.11 Å². The smallest absolute Gasteiger partial charge is 0.305 e. The first kappa shape index (κ1) is 15.0. The van der Waals surface area contributed by atoms with Crippen LogP contribution in [0, 0.1) is 11.7 Å². The van der Waals surface area contributed by atoms with Crippen LogP contribution < -0.4 is 4.74 Å². The molecule has 1 aromatic heterocycles. The molecule has 0 aliphatic heterocycles. The van der Waals surface area contributed by atoms with Gasteiger partial charge in [0.2, 0.25) is 11.1 Å². The van der Waals surface area contributed by atoms with E-state index in [1.54, 1.807) is 0 Å². The van der Waals surface area contributed by atoms with Gasteiger partial charge in [-0.15, -0.1) is 0 Å². The summed E-state index contributed by atoms with van der Waals surface area (Å²) in [7, 11) is 1.39. The van der Waals surface area contributed by atoms with Gasteiger partial charge < -0.3 is 9.47 Å². The van der Waals surface area contributed by atoms with Crippen molar-refractivity contribution in [2.45, 2.75) is 38.2 Å². The van der Waals surface area contributed by atoms with Crippen LogP contribution in [-0.4, -0.2) is 29.2 Å². The average molecular weight is 303 g/mol. The van der Waals surface area contributed by atoms with Gasteiger partial charge in [-0.05, 0) is 43.2 Å². The molecule has 0 saturated heterocycles. The van der Waals surface area contributed by atoms with Crippen molar-refractivity contribution in [2.24, 2.45) is 5.92 Å². The summed E-state index contributed by atoms with van der Waals surface area (Å²) in [6, 6.07) is 0. The van der Waals surface area contributed by atoms with E-state index in [2.05, 4.69) is 14.7 Å². The first-order chi connectivity index (χ1) is 9.58. The number of methoxy groups -OCH3 is 1. The third-order valence-electron chi connectivity index (χ3n) is 3.44. The van der Waals surface area contributed by atoms with Crippen molar-refractivity contribution in [3.8, 4) is 5.88 Å². The fourth-order valence-corrected chi connectivity index (χ4v) is 2.47. The first-order valence-corrected chi connectivity index (χ1v) is 6.87. The molecule has 1 fully saturated rings. The molecular formula is C13H16ClFN2O3. The number of ether oxygens (including phenoxy) is 2. The highest BCUT2D eigenvalue weighted by Crippen LogP contribution is 2.30. The van der Waals surface area contributed by atoms with Crippen molar-refractivity contribution in [3.05, 3.63) is 17.3 Å². The van der Waals surface area contributed by atoms with E-state index >= 15 is 0 Å². The van der Waals surface area contributed by atoms with Crippen LogP contribution in [0.3, 0.4) is 0 Å². The van der Waals surface area contributed by atoms with E-state index in [4.69, 9.17) is 16.3 Å². The van der Waals surface area contributed by atoms with Gasteiger partial charge in [-0.3, -0.25) is 4.79 Å². The summed E-state index contributed by atoms with van der Waals surface area (Å²) >= 11 is 5.61. The Balaban J connectivity index is 1.85. The lowest BCUT2D eigenvalue weighted by Gasteiger charge is -2.28. The quantitative estimate of drug-likeness (QED) is 0.632. The molecule has 1 heterocycles. The number of esters is 1. The number of nitrogens with zero attached hydrogens (tertiary/aromatic N) is 2. The number of carbonyl (C=O) groups excluding carboxylic acids is 1. The van der Waals surface area contributed by atoms with Gasteiger partial charge in [0.15, 0.2) is 0 Å². The lowest BCUT2D eigenvalue weighted by Crippen LogP contribution is -2.26. The molecule has 1 saturated carbocycles. The van der Waals surface area contributed by atoms with E-state index in [-0.39, 0.29) is 23.2 Å². The van der Waals surface area contributed by atoms with E-state index < -0.39 is 5.82 Å². The average Bonchev–Trinajstić information content (AvgIpc) is 2.45. The topological polar surface area (TPSA) is 61.3 Å². The van der Waals surface area contributed by atoms with E-state index in [1.807, 2.05) is 0 Å². The van der Waals surface area contributed by atoms with Crippen molar-refractivity contribution < 1.29 is 18.7 Å². The SMILES string of the molecule is COC(=O)C[C@H]1CC[C@H](Oc2nc(Cl)ncc2F)CC1. The van der Waals surface area contributed by atoms with Gasteiger partial charge >= 0.3 is 5.97 Å². The third kappa shape index (κ3) is 4.03. The minimum Gasteiger partial charge on any atom is -0.472 e. The lowest BCUT2D eigenvalue weighted by molar-refractivity contribution is -0.142. The Morgan fingerprint density at radius 2 is 2.15 bits per heavy atom. The zero-order chi connectivity index (χ0) is 14.5. The Labute approximate surface area is 121 Å². The van der Waals surface area contributed by atoms with E-state index in [0.29, 0.717) is 12.3 Å². The maximum atomic E-state index is 13.4. The summed E-state index contributed by atoms with van der Waals surface area (Å²) in [5.41, 5.74) is 0. The highest BCUT2D eigenvalue weighted by Gasteiger charge is 2.25. The number of rotatable bonds is 4. The number of aromatic nitrogens is 2. The molecule has 2 rings (SSSR count). The molecule has 1 aliphatic carbocycles. The predicted molar refractivity (Wildman–Crippen MR) is 70.0 cm³/mol. The fourth-order valence-electron chi connectivity index (χ4n) is 2.34. The second-order valence-electron chi connectivity index (χ2n) is 4.83. The van der Waals surface area contributed by atoms with Crippen molar-refractivity contribution in [3.63, 3.8) is 0 Å². The van der Waals surface area contributed by atoms with Crippen LogP contribution in [0.25, 0.3) is 0 Å². The maximum Gasteiger partial charge on any atom is 0.305 e. The van der Waals surface area contributed by atoms with Crippen LogP contribution in [-0.2, 0) is 9.53 Å². The number of hydrogen-bond acceptors (Lipinski definition) is 5. The summed E-state index contributed by atoms with van der Waals surface area (Å²) in [5.74, 6) is -0.614. The molecule has 5 nitrogen and oxygen atoms in total. The van der Waals surface area contributed by atoms with Gasteiger partial charge in [-0.2, -0.15) is 9.37 Å². The summed E-state index contributed by atoms with van der Waals surface area (Å²) in [6.45, 7) is 0. The molecule has 0 atom stereocenters. The molecule has 0 unspecified atom stereocenters. The van der Waals surface area contributed by atoms with Gasteiger partial charge in [0.25, 0.3) is 5.88 Å². The highest BCUT2D eigenvalue weighted by atomic mass is 35.5. The Morgan fingerprint density at radius 1 is 1.45 bits per heavy atom. The fraction of sp³-hybridized carbons (Fsp3) is 0.615. The summed E-state index contributed by atoms with van der Waals surface area (Å²) in [6.07, 6.45) is 4.51. The Morgan fingerprint density at radius 3 is 2.80 bits per heavy atom. The van der Waals surface area contributed by atoms with Crippen LogP contribution in [0.2, 0.25) is 5.28 Å². The van der Waals surface area contributed by atoms with Crippen LogP contribution in [0.1, 0.15) is 32.1 Å². The maximum absolute atomic E-state index is 13.4. The highest BCUT2D eigenvalue weighted by molar-refractivity contribution is 6.28. The van der Waals surface area contributed by atoms with Gasteiger partial charge in [0, 0.05) is 6.42 Å².